The van der Waals surface area contributed by atoms with Crippen LogP contribution in [-0.2, 0) is 35.4 Å². The van der Waals surface area contributed by atoms with Crippen LogP contribution in [0.4, 0.5) is 0 Å². The molecule has 6 atom stereocenters. The second-order valence-corrected chi connectivity index (χ2v) is 13.7. The summed E-state index contributed by atoms with van der Waals surface area (Å²) in [5.74, 6) is 0. The molecule has 0 aromatic heterocycles. The summed E-state index contributed by atoms with van der Waals surface area (Å²) in [5.41, 5.74) is 0. The van der Waals surface area contributed by atoms with Crippen LogP contribution in [0.15, 0.2) is 0 Å². The molecule has 0 aromatic rings. The molecule has 32 heavy (non-hydrogen) atoms. The van der Waals surface area contributed by atoms with Crippen molar-refractivity contribution in [3.05, 3.63) is 0 Å². The number of hydrogen-bond acceptors (Lipinski definition) is 10. The molecule has 0 amide bonds. The zero-order valence-corrected chi connectivity index (χ0v) is 22.3. The Morgan fingerprint density at radius 3 is 0.938 bits per heavy atom. The van der Waals surface area contributed by atoms with E-state index in [4.69, 9.17) is 35.4 Å². The molecule has 0 spiro atoms. The molecule has 6 unspecified atom stereocenters. The van der Waals surface area contributed by atoms with Crippen LogP contribution < -0.4 is 0 Å². The normalized spacial score (nSPS) is 50.1. The first-order valence-electron chi connectivity index (χ1n) is 11.9. The topological polar surface area (TPSA) is 80.3 Å². The third-order valence-corrected chi connectivity index (χ3v) is 11.1. The summed E-state index contributed by atoms with van der Waals surface area (Å²) < 4.78 is 49.9. The van der Waals surface area contributed by atoms with Crippen molar-refractivity contribution in [2.75, 3.05) is 52.5 Å². The van der Waals surface area contributed by atoms with E-state index in [9.17, 15) is 0 Å². The highest BCUT2D eigenvalue weighted by molar-refractivity contribution is 6.54. The Morgan fingerprint density at radius 1 is 0.500 bits per heavy atom. The predicted molar refractivity (Wildman–Crippen MR) is 120 cm³/mol. The third-order valence-electron chi connectivity index (χ3n) is 5.81. The fourth-order valence-corrected chi connectivity index (χ4v) is 9.85. The Hall–Kier alpha value is 0.0338. The van der Waals surface area contributed by atoms with Crippen LogP contribution in [0.2, 0.25) is 0 Å². The van der Waals surface area contributed by atoms with Gasteiger partial charge in [-0.25, -0.2) is 0 Å². The standard InChI is InChI=1S/C20H40N2O8Si2/c1-15-9-21-10-16(2)26-31(25-15,27-17(3)11-21)23-7-8-24-32-28-18(4)12-22(13-19(5)29-32)14-20(6)30-32/h15-20H,7-14H2,1-6H3. The molecule has 0 aromatic carbocycles. The zero-order chi connectivity index (χ0) is 22.9. The quantitative estimate of drug-likeness (QED) is 0.409. The molecule has 6 rings (SSSR count). The second-order valence-electron chi connectivity index (χ2n) is 9.70. The summed E-state index contributed by atoms with van der Waals surface area (Å²) in [6.07, 6.45) is -0.210. The van der Waals surface area contributed by atoms with Crippen molar-refractivity contribution in [2.24, 2.45) is 0 Å². The maximum absolute atomic E-state index is 6.24. The smallest absolute Gasteiger partial charge is 0.349 e. The Kier molecular flexibility index (Phi) is 8.12. The van der Waals surface area contributed by atoms with Gasteiger partial charge in [-0.3, -0.25) is 9.80 Å². The summed E-state index contributed by atoms with van der Waals surface area (Å²) in [5, 5.41) is 0. The zero-order valence-electron chi connectivity index (χ0n) is 20.3. The molecule has 4 bridgehead atoms. The highest BCUT2D eigenvalue weighted by Crippen LogP contribution is 2.28. The predicted octanol–water partition coefficient (Wildman–Crippen LogP) is 0.980. The number of nitrogens with zero attached hydrogens (tertiary/aromatic N) is 2. The summed E-state index contributed by atoms with van der Waals surface area (Å²) in [6, 6.07) is 0. The van der Waals surface area contributed by atoms with Crippen molar-refractivity contribution < 1.29 is 35.4 Å². The Labute approximate surface area is 194 Å². The molecule has 10 nitrogen and oxygen atoms in total. The molecule has 0 aliphatic carbocycles. The minimum atomic E-state index is -3.32. The van der Waals surface area contributed by atoms with Gasteiger partial charge in [-0.05, 0) is 41.5 Å². The monoisotopic (exact) mass is 492 g/mol. The van der Waals surface area contributed by atoms with Gasteiger partial charge in [0.2, 0.25) is 0 Å². The largest absolute Gasteiger partial charge is 0.680 e. The minimum Gasteiger partial charge on any atom is -0.349 e. The lowest BCUT2D eigenvalue weighted by molar-refractivity contribution is -0.145. The van der Waals surface area contributed by atoms with E-state index in [1.165, 1.54) is 0 Å². The lowest BCUT2D eigenvalue weighted by Gasteiger charge is -2.44. The van der Waals surface area contributed by atoms with Gasteiger partial charge in [0.1, 0.15) is 0 Å². The van der Waals surface area contributed by atoms with Gasteiger partial charge in [0.15, 0.2) is 0 Å². The average molecular weight is 493 g/mol. The van der Waals surface area contributed by atoms with Crippen molar-refractivity contribution in [3.8, 4) is 0 Å². The van der Waals surface area contributed by atoms with Crippen LogP contribution in [0.1, 0.15) is 41.5 Å². The molecule has 6 saturated heterocycles. The van der Waals surface area contributed by atoms with Gasteiger partial charge < -0.3 is 35.4 Å². The van der Waals surface area contributed by atoms with Gasteiger partial charge in [-0.1, -0.05) is 0 Å². The molecule has 0 radical (unpaired) electrons. The summed E-state index contributed by atoms with van der Waals surface area (Å²) >= 11 is 0. The van der Waals surface area contributed by atoms with E-state index >= 15 is 0 Å². The Morgan fingerprint density at radius 2 is 0.719 bits per heavy atom. The lowest BCUT2D eigenvalue weighted by atomic mass is 10.2. The molecule has 6 aliphatic rings. The van der Waals surface area contributed by atoms with E-state index < -0.39 is 18.1 Å². The van der Waals surface area contributed by atoms with Crippen LogP contribution in [0.5, 0.6) is 0 Å². The molecule has 0 N–H and O–H groups in total. The van der Waals surface area contributed by atoms with Crippen molar-refractivity contribution >= 4 is 18.1 Å². The summed E-state index contributed by atoms with van der Waals surface area (Å²) in [7, 11) is -6.63. The first kappa shape index (κ1) is 25.1. The molecule has 6 fully saturated rings. The van der Waals surface area contributed by atoms with Gasteiger partial charge in [0.05, 0.1) is 49.8 Å². The molecule has 6 aliphatic heterocycles. The fourth-order valence-electron chi connectivity index (χ4n) is 5.03. The Balaban J connectivity index is 1.40. The van der Waals surface area contributed by atoms with Gasteiger partial charge in [-0.15, -0.1) is 0 Å². The fraction of sp³-hybridized carbons (Fsp3) is 1.00. The molecular weight excluding hydrogens is 452 g/mol. The third kappa shape index (κ3) is 6.37. The van der Waals surface area contributed by atoms with Gasteiger partial charge in [-0.2, -0.15) is 0 Å². The lowest BCUT2D eigenvalue weighted by Crippen LogP contribution is -2.64. The molecule has 186 valence electrons. The number of hydrogen-bond donors (Lipinski definition) is 0. The van der Waals surface area contributed by atoms with Crippen molar-refractivity contribution in [1.82, 2.24) is 9.80 Å². The molecule has 12 heteroatoms. The number of rotatable bonds is 5. The highest BCUT2D eigenvalue weighted by atomic mass is 28.4. The van der Waals surface area contributed by atoms with Crippen LogP contribution in [0.3, 0.4) is 0 Å². The molecule has 0 saturated carbocycles. The van der Waals surface area contributed by atoms with Crippen molar-refractivity contribution in [2.45, 2.75) is 78.2 Å². The van der Waals surface area contributed by atoms with Crippen molar-refractivity contribution in [3.63, 3.8) is 0 Å². The summed E-state index contributed by atoms with van der Waals surface area (Å²) in [6.45, 7) is 17.7. The average Bonchev–Trinajstić information content (AvgIpc) is 2.59. The van der Waals surface area contributed by atoms with Crippen LogP contribution in [-0.4, -0.2) is 117 Å². The van der Waals surface area contributed by atoms with Crippen LogP contribution in [0.25, 0.3) is 0 Å². The van der Waals surface area contributed by atoms with E-state index in [0.29, 0.717) is 0 Å². The van der Waals surface area contributed by atoms with Crippen LogP contribution >= 0.6 is 0 Å². The van der Waals surface area contributed by atoms with Gasteiger partial charge in [0.25, 0.3) is 0 Å². The van der Waals surface area contributed by atoms with Gasteiger partial charge in [0, 0.05) is 39.3 Å². The maximum atomic E-state index is 6.24. The first-order chi connectivity index (χ1) is 15.1. The first-order valence-corrected chi connectivity index (χ1v) is 15.2. The van der Waals surface area contributed by atoms with Crippen molar-refractivity contribution in [1.29, 1.82) is 0 Å². The highest BCUT2D eigenvalue weighted by Gasteiger charge is 2.55. The Bertz CT molecular complexity index is 510. The van der Waals surface area contributed by atoms with Gasteiger partial charge >= 0.3 is 18.1 Å². The minimum absolute atomic E-state index is 0.0349. The van der Waals surface area contributed by atoms with E-state index in [-0.39, 0.29) is 49.8 Å². The summed E-state index contributed by atoms with van der Waals surface area (Å²) in [4.78, 5) is 4.65. The second kappa shape index (κ2) is 10.3. The van der Waals surface area contributed by atoms with E-state index in [1.807, 2.05) is 41.5 Å². The molecular formula is C20H40N2O8Si2. The molecule has 6 heterocycles. The van der Waals surface area contributed by atoms with E-state index in [0.717, 1.165) is 39.3 Å². The SMILES string of the molecule is CC1CN2CC(C)O[Si](OCCO[Si]34OC(C)CN(CC(C)O3)CC(C)O4)(O1)OC(C)C2. The van der Waals surface area contributed by atoms with Crippen LogP contribution in [0, 0.1) is 0 Å². The van der Waals surface area contributed by atoms with E-state index in [2.05, 4.69) is 9.80 Å². The van der Waals surface area contributed by atoms with E-state index in [1.54, 1.807) is 0 Å². The maximum Gasteiger partial charge on any atom is 0.680 e. The number of fused-ring (bicyclic) bond motifs is 12.